The molecule has 5 nitrogen and oxygen atoms in total. The molecule has 0 saturated carbocycles. The van der Waals surface area contributed by atoms with Gasteiger partial charge in [-0.05, 0) is 148 Å². The Morgan fingerprint density at radius 3 is 0.732 bits per heavy atom. The van der Waals surface area contributed by atoms with Gasteiger partial charge < -0.3 is 14.6 Å². The van der Waals surface area contributed by atoms with Crippen molar-refractivity contribution >= 4 is 11.9 Å². The third-order valence-electron chi connectivity index (χ3n) is 13.1. The highest BCUT2D eigenvalue weighted by molar-refractivity contribution is 5.70. The van der Waals surface area contributed by atoms with Crippen molar-refractivity contribution in [3.63, 3.8) is 0 Å². The fourth-order valence-electron chi connectivity index (χ4n) is 8.27. The Kier molecular flexibility index (Phi) is 65.1. The van der Waals surface area contributed by atoms with E-state index in [0.717, 1.165) is 161 Å². The summed E-state index contributed by atoms with van der Waals surface area (Å²) in [6.07, 6.45) is 112. The van der Waals surface area contributed by atoms with Crippen molar-refractivity contribution in [2.24, 2.45) is 0 Å². The van der Waals surface area contributed by atoms with Crippen LogP contribution in [0, 0.1) is 0 Å². The number of ether oxygens (including phenoxy) is 2. The average Bonchev–Trinajstić information content (AvgIpc) is 3.49. The molecule has 82 heavy (non-hydrogen) atoms. The van der Waals surface area contributed by atoms with Gasteiger partial charge in [0.15, 0.2) is 6.10 Å². The molecule has 0 heterocycles. The first kappa shape index (κ1) is 76.5. The number of carbonyl (C=O) groups excluding carboxylic acids is 2. The lowest BCUT2D eigenvalue weighted by Gasteiger charge is -2.15. The minimum atomic E-state index is -0.802. The third-order valence-corrected chi connectivity index (χ3v) is 13.1. The smallest absolute Gasteiger partial charge is 0.306 e. The SMILES string of the molecule is CC/C=C\C/C=C\C/C=C\C/C=C\C/C=C\C/C=C\C/C=C\C/C=C\C/C=C\CCCCCCCCCCCCCC(=O)OC(CO)COC(=O)CCCCCC/C=C\C/C=C\C/C=C\C/C=C\C/C=C\C/C=C\C/C=C\C/C=C\CC. The lowest BCUT2D eigenvalue weighted by atomic mass is 10.0. The van der Waals surface area contributed by atoms with E-state index in [-0.39, 0.29) is 25.2 Å². The van der Waals surface area contributed by atoms with Crippen molar-refractivity contribution in [2.75, 3.05) is 13.2 Å². The minimum Gasteiger partial charge on any atom is -0.462 e. The van der Waals surface area contributed by atoms with E-state index in [1.165, 1.54) is 57.8 Å². The highest BCUT2D eigenvalue weighted by Crippen LogP contribution is 2.14. The van der Waals surface area contributed by atoms with Gasteiger partial charge in [0.1, 0.15) is 6.61 Å². The van der Waals surface area contributed by atoms with E-state index in [1.807, 2.05) is 0 Å². The topological polar surface area (TPSA) is 72.8 Å². The van der Waals surface area contributed by atoms with E-state index >= 15 is 0 Å². The normalized spacial score (nSPS) is 13.6. The molecule has 0 bridgehead atoms. The van der Waals surface area contributed by atoms with Crippen LogP contribution in [-0.2, 0) is 19.1 Å². The van der Waals surface area contributed by atoms with Gasteiger partial charge in [0.2, 0.25) is 0 Å². The molecule has 0 aromatic carbocycles. The molecule has 0 fully saturated rings. The van der Waals surface area contributed by atoms with Gasteiger partial charge in [-0.25, -0.2) is 0 Å². The second-order valence-corrected chi connectivity index (χ2v) is 20.7. The number of rotatable bonds is 57. The zero-order chi connectivity index (χ0) is 59.1. The maximum absolute atomic E-state index is 12.4. The second-order valence-electron chi connectivity index (χ2n) is 20.7. The molecule has 0 aromatic rings. The Bertz CT molecular complexity index is 1950. The highest BCUT2D eigenvalue weighted by Gasteiger charge is 2.16. The molecule has 0 aliphatic carbocycles. The van der Waals surface area contributed by atoms with Crippen LogP contribution in [0.5, 0.6) is 0 Å². The van der Waals surface area contributed by atoms with Gasteiger partial charge in [0.05, 0.1) is 6.61 Å². The molecule has 5 heteroatoms. The number of esters is 2. The Hall–Kier alpha value is -5.52. The van der Waals surface area contributed by atoms with Crippen LogP contribution in [0.25, 0.3) is 0 Å². The van der Waals surface area contributed by atoms with Crippen LogP contribution < -0.4 is 0 Å². The minimum absolute atomic E-state index is 0.0939. The van der Waals surface area contributed by atoms with Gasteiger partial charge in [-0.2, -0.15) is 0 Å². The summed E-state index contributed by atoms with van der Waals surface area (Å²) in [5.74, 6) is -0.637. The summed E-state index contributed by atoms with van der Waals surface area (Å²) in [5, 5.41) is 9.69. The first-order chi connectivity index (χ1) is 40.6. The van der Waals surface area contributed by atoms with Gasteiger partial charge >= 0.3 is 11.9 Å². The maximum Gasteiger partial charge on any atom is 0.306 e. The van der Waals surface area contributed by atoms with E-state index < -0.39 is 6.10 Å². The monoisotopic (exact) mass is 1120 g/mol. The quantitative estimate of drug-likeness (QED) is 0.0373. The van der Waals surface area contributed by atoms with E-state index in [2.05, 4.69) is 220 Å². The molecule has 0 rings (SSSR count). The van der Waals surface area contributed by atoms with Crippen molar-refractivity contribution in [3.8, 4) is 0 Å². The summed E-state index contributed by atoms with van der Waals surface area (Å²) in [6, 6.07) is 0. The van der Waals surface area contributed by atoms with Gasteiger partial charge in [0, 0.05) is 12.8 Å². The molecule has 0 aromatic heterocycles. The first-order valence-corrected chi connectivity index (χ1v) is 32.6. The fourth-order valence-corrected chi connectivity index (χ4v) is 8.27. The number of aliphatic hydroxyl groups is 1. The Morgan fingerprint density at radius 2 is 0.488 bits per heavy atom. The number of aliphatic hydroxyl groups excluding tert-OH is 1. The summed E-state index contributed by atoms with van der Waals surface area (Å²) in [7, 11) is 0. The van der Waals surface area contributed by atoms with Crippen LogP contribution in [0.3, 0.4) is 0 Å². The summed E-state index contributed by atoms with van der Waals surface area (Å²) in [5.41, 5.74) is 0. The molecular formula is C77H118O5. The number of carbonyl (C=O) groups is 2. The molecule has 0 aliphatic rings. The Balaban J connectivity index is 3.64. The fraction of sp³-hybridized carbons (Fsp3) is 0.532. The summed E-state index contributed by atoms with van der Waals surface area (Å²) in [6.45, 7) is 3.88. The van der Waals surface area contributed by atoms with Gasteiger partial charge in [-0.1, -0.05) is 291 Å². The lowest BCUT2D eigenvalue weighted by Crippen LogP contribution is -2.28. The number of hydrogen-bond donors (Lipinski definition) is 1. The predicted octanol–water partition coefficient (Wildman–Crippen LogP) is 23.0. The molecule has 0 spiro atoms. The zero-order valence-corrected chi connectivity index (χ0v) is 52.2. The van der Waals surface area contributed by atoms with E-state index in [1.54, 1.807) is 0 Å². The lowest BCUT2D eigenvalue weighted by molar-refractivity contribution is -0.161. The first-order valence-electron chi connectivity index (χ1n) is 32.6. The van der Waals surface area contributed by atoms with E-state index in [0.29, 0.717) is 12.8 Å². The third kappa shape index (κ3) is 67.0. The van der Waals surface area contributed by atoms with Crippen LogP contribution in [0.1, 0.15) is 245 Å². The predicted molar refractivity (Wildman–Crippen MR) is 361 cm³/mol. The van der Waals surface area contributed by atoms with Gasteiger partial charge in [-0.15, -0.1) is 0 Å². The molecular weight excluding hydrogens is 1000 g/mol. The molecule has 0 saturated heterocycles. The number of allylic oxidation sites excluding steroid dienone is 34. The molecule has 0 aliphatic heterocycles. The van der Waals surface area contributed by atoms with Gasteiger partial charge in [-0.3, -0.25) is 9.59 Å². The standard InChI is InChI=1S/C77H118O5/c1-3-5-7-9-11-13-15-17-19-21-23-25-27-29-31-33-34-35-36-37-38-39-40-41-42-44-46-48-50-52-54-56-58-60-62-64-66-68-70-72-77(80)82-75(73-78)74-81-76(79)71-69-67-65-63-61-59-57-55-53-51-49-47-45-43-32-30-28-26-24-22-20-18-16-14-12-10-8-6-4-2/h5-8,11-14,17-20,23-26,29-32,34-35,37-38,40-41,44-47,51,53,57,59,75,78H,3-4,9-10,15-16,21-22,27-28,33,36,39,42-43,48-50,52,54-56,58,60-74H2,1-2H3/b7-5-,8-6-,13-11-,14-12-,19-17-,20-18-,25-23-,26-24-,31-29-,32-30-,35-34-,38-37-,41-40-,46-44-,47-45-,53-51-,59-57-. The largest absolute Gasteiger partial charge is 0.462 e. The Labute approximate surface area is 504 Å². The van der Waals surface area contributed by atoms with Crippen molar-refractivity contribution in [2.45, 2.75) is 251 Å². The van der Waals surface area contributed by atoms with E-state index in [9.17, 15) is 14.7 Å². The molecule has 0 radical (unpaired) electrons. The number of hydrogen-bond acceptors (Lipinski definition) is 5. The average molecular weight is 1120 g/mol. The zero-order valence-electron chi connectivity index (χ0n) is 52.2. The summed E-state index contributed by atoms with van der Waals surface area (Å²) >= 11 is 0. The molecule has 0 amide bonds. The molecule has 1 N–H and O–H groups in total. The number of unbranched alkanes of at least 4 members (excludes halogenated alkanes) is 15. The summed E-state index contributed by atoms with van der Waals surface area (Å²) in [4.78, 5) is 24.6. The van der Waals surface area contributed by atoms with Crippen molar-refractivity contribution < 1.29 is 24.2 Å². The summed E-state index contributed by atoms with van der Waals surface area (Å²) < 4.78 is 10.7. The molecule has 1 unspecified atom stereocenters. The van der Waals surface area contributed by atoms with Crippen LogP contribution >= 0.6 is 0 Å². The van der Waals surface area contributed by atoms with Crippen molar-refractivity contribution in [1.29, 1.82) is 0 Å². The molecule has 456 valence electrons. The van der Waals surface area contributed by atoms with Crippen LogP contribution in [0.15, 0.2) is 207 Å². The van der Waals surface area contributed by atoms with Crippen molar-refractivity contribution in [3.05, 3.63) is 207 Å². The maximum atomic E-state index is 12.4. The van der Waals surface area contributed by atoms with Gasteiger partial charge in [0.25, 0.3) is 0 Å². The van der Waals surface area contributed by atoms with Crippen LogP contribution in [0.2, 0.25) is 0 Å². The van der Waals surface area contributed by atoms with Crippen LogP contribution in [0.4, 0.5) is 0 Å². The second kappa shape index (κ2) is 69.7. The highest BCUT2D eigenvalue weighted by atomic mass is 16.6. The van der Waals surface area contributed by atoms with Crippen molar-refractivity contribution in [1.82, 2.24) is 0 Å². The Morgan fingerprint density at radius 1 is 0.280 bits per heavy atom. The molecule has 1 atom stereocenters. The van der Waals surface area contributed by atoms with Crippen LogP contribution in [-0.4, -0.2) is 36.4 Å². The van der Waals surface area contributed by atoms with E-state index in [4.69, 9.17) is 9.47 Å².